The fourth-order valence-electron chi connectivity index (χ4n) is 1.28. The highest BCUT2D eigenvalue weighted by molar-refractivity contribution is 8.00. The van der Waals surface area contributed by atoms with Crippen LogP contribution in [-0.4, -0.2) is 44.3 Å². The van der Waals surface area contributed by atoms with E-state index in [1.807, 2.05) is 20.1 Å². The smallest absolute Gasteiger partial charge is 0.211 e. The van der Waals surface area contributed by atoms with Gasteiger partial charge >= 0.3 is 0 Å². The van der Waals surface area contributed by atoms with Crippen LogP contribution in [0.3, 0.4) is 0 Å². The van der Waals surface area contributed by atoms with E-state index in [-0.39, 0.29) is 10.5 Å². The lowest BCUT2D eigenvalue weighted by atomic mass is 10.2. The third-order valence-electron chi connectivity index (χ3n) is 2.87. The molecule has 0 saturated heterocycles. The molecule has 0 unspecified atom stereocenters. The van der Waals surface area contributed by atoms with Gasteiger partial charge < -0.3 is 5.32 Å². The number of hydrogen-bond acceptors (Lipinski definition) is 4. The second kappa shape index (κ2) is 6.41. The quantitative estimate of drug-likeness (QED) is 0.623. The van der Waals surface area contributed by atoms with E-state index in [1.165, 1.54) is 12.8 Å². The van der Waals surface area contributed by atoms with Gasteiger partial charge in [0, 0.05) is 17.3 Å². The summed E-state index contributed by atoms with van der Waals surface area (Å²) in [5.74, 6) is 0.219. The number of rotatable bonds is 9. The number of sulfonamides is 1. The van der Waals surface area contributed by atoms with Crippen molar-refractivity contribution in [2.45, 2.75) is 43.9 Å². The van der Waals surface area contributed by atoms with Crippen molar-refractivity contribution in [1.82, 2.24) is 10.0 Å². The standard InChI is InChI=1S/C11H24N2O2S2/c1-11(2,16-3)9-13-17(14,15)8-4-7-12-10-5-6-10/h10,12-13H,4-9H2,1-3H3. The predicted molar refractivity (Wildman–Crippen MR) is 75.0 cm³/mol. The van der Waals surface area contributed by atoms with Gasteiger partial charge in [0.15, 0.2) is 0 Å². The molecule has 0 spiro atoms. The normalized spacial score (nSPS) is 17.4. The fraction of sp³-hybridized carbons (Fsp3) is 1.00. The molecule has 1 fully saturated rings. The van der Waals surface area contributed by atoms with E-state index < -0.39 is 10.0 Å². The minimum atomic E-state index is -3.11. The van der Waals surface area contributed by atoms with Crippen molar-refractivity contribution >= 4 is 21.8 Å². The van der Waals surface area contributed by atoms with E-state index in [2.05, 4.69) is 10.0 Å². The summed E-state index contributed by atoms with van der Waals surface area (Å²) in [6, 6.07) is 0.654. The third kappa shape index (κ3) is 7.28. The van der Waals surface area contributed by atoms with Gasteiger partial charge in [0.1, 0.15) is 0 Å². The van der Waals surface area contributed by atoms with Crippen LogP contribution in [0.5, 0.6) is 0 Å². The van der Waals surface area contributed by atoms with Gasteiger partial charge in [0.05, 0.1) is 5.75 Å². The molecule has 1 saturated carbocycles. The van der Waals surface area contributed by atoms with Crippen molar-refractivity contribution in [3.63, 3.8) is 0 Å². The van der Waals surface area contributed by atoms with Crippen LogP contribution in [0.15, 0.2) is 0 Å². The highest BCUT2D eigenvalue weighted by Gasteiger charge is 2.21. The summed E-state index contributed by atoms with van der Waals surface area (Å²) < 4.78 is 26.0. The molecule has 102 valence electrons. The molecule has 17 heavy (non-hydrogen) atoms. The Bertz CT molecular complexity index is 324. The average molecular weight is 280 g/mol. The predicted octanol–water partition coefficient (Wildman–Crippen LogP) is 1.19. The molecule has 6 heteroatoms. The van der Waals surface area contributed by atoms with E-state index in [0.29, 0.717) is 19.0 Å². The number of nitrogens with one attached hydrogen (secondary N) is 2. The lowest BCUT2D eigenvalue weighted by molar-refractivity contribution is 0.564. The second-order valence-corrected chi connectivity index (χ2v) is 8.63. The number of hydrogen-bond donors (Lipinski definition) is 2. The van der Waals surface area contributed by atoms with Crippen LogP contribution in [0.2, 0.25) is 0 Å². The van der Waals surface area contributed by atoms with Crippen molar-refractivity contribution in [2.24, 2.45) is 0 Å². The van der Waals surface area contributed by atoms with Crippen LogP contribution in [0.4, 0.5) is 0 Å². The lowest BCUT2D eigenvalue weighted by Crippen LogP contribution is -2.37. The summed E-state index contributed by atoms with van der Waals surface area (Å²) in [5.41, 5.74) is 0. The molecule has 0 heterocycles. The first-order valence-corrected chi connectivity index (χ1v) is 8.98. The monoisotopic (exact) mass is 280 g/mol. The average Bonchev–Trinajstić information content (AvgIpc) is 3.06. The zero-order chi connectivity index (χ0) is 12.9. The maximum atomic E-state index is 11.7. The van der Waals surface area contributed by atoms with Crippen LogP contribution in [0, 0.1) is 0 Å². The SMILES string of the molecule is CSC(C)(C)CNS(=O)(=O)CCCNC1CC1. The first-order chi connectivity index (χ1) is 7.85. The van der Waals surface area contributed by atoms with E-state index >= 15 is 0 Å². The maximum Gasteiger partial charge on any atom is 0.211 e. The Morgan fingerprint density at radius 3 is 2.53 bits per heavy atom. The molecular weight excluding hydrogens is 256 g/mol. The van der Waals surface area contributed by atoms with Crippen molar-refractivity contribution in [1.29, 1.82) is 0 Å². The molecule has 0 aromatic heterocycles. The van der Waals surface area contributed by atoms with Crippen LogP contribution >= 0.6 is 11.8 Å². The first kappa shape index (κ1) is 15.3. The van der Waals surface area contributed by atoms with E-state index in [9.17, 15) is 8.42 Å². The van der Waals surface area contributed by atoms with Gasteiger partial charge in [-0.05, 0) is 45.9 Å². The Labute approximate surface area is 109 Å². The molecule has 0 radical (unpaired) electrons. The van der Waals surface area contributed by atoms with Gasteiger partial charge in [-0.25, -0.2) is 13.1 Å². The summed E-state index contributed by atoms with van der Waals surface area (Å²) in [5, 5.41) is 3.32. The highest BCUT2D eigenvalue weighted by atomic mass is 32.2. The van der Waals surface area contributed by atoms with Gasteiger partial charge in [-0.1, -0.05) is 0 Å². The molecule has 1 rings (SSSR count). The molecular formula is C11H24N2O2S2. The molecule has 2 N–H and O–H groups in total. The van der Waals surface area contributed by atoms with E-state index in [0.717, 1.165) is 6.54 Å². The molecule has 0 atom stereocenters. The van der Waals surface area contributed by atoms with Gasteiger partial charge in [0.2, 0.25) is 10.0 Å². The van der Waals surface area contributed by atoms with Crippen molar-refractivity contribution in [3.8, 4) is 0 Å². The minimum Gasteiger partial charge on any atom is -0.314 e. The highest BCUT2D eigenvalue weighted by Crippen LogP contribution is 2.20. The largest absolute Gasteiger partial charge is 0.314 e. The Balaban J connectivity index is 2.15. The summed E-state index contributed by atoms with van der Waals surface area (Å²) in [6.07, 6.45) is 5.17. The molecule has 1 aliphatic carbocycles. The first-order valence-electron chi connectivity index (χ1n) is 6.10. The Hall–Kier alpha value is 0.220. The summed E-state index contributed by atoms with van der Waals surface area (Å²) in [4.78, 5) is 0. The van der Waals surface area contributed by atoms with Crippen LogP contribution < -0.4 is 10.0 Å². The van der Waals surface area contributed by atoms with E-state index in [4.69, 9.17) is 0 Å². The van der Waals surface area contributed by atoms with Crippen molar-refractivity contribution in [3.05, 3.63) is 0 Å². The lowest BCUT2D eigenvalue weighted by Gasteiger charge is -2.22. The molecule has 0 aromatic rings. The summed E-state index contributed by atoms with van der Waals surface area (Å²) >= 11 is 1.67. The summed E-state index contributed by atoms with van der Waals surface area (Å²) in [6.45, 7) is 5.37. The molecule has 0 aromatic carbocycles. The Kier molecular flexibility index (Phi) is 5.76. The van der Waals surface area contributed by atoms with Gasteiger partial charge in [-0.2, -0.15) is 11.8 Å². The van der Waals surface area contributed by atoms with Gasteiger partial charge in [-0.3, -0.25) is 0 Å². The zero-order valence-electron chi connectivity index (χ0n) is 11.0. The fourth-order valence-corrected chi connectivity index (χ4v) is 2.84. The van der Waals surface area contributed by atoms with Crippen LogP contribution in [-0.2, 0) is 10.0 Å². The topological polar surface area (TPSA) is 58.2 Å². The van der Waals surface area contributed by atoms with Gasteiger partial charge in [-0.15, -0.1) is 0 Å². The summed E-state index contributed by atoms with van der Waals surface area (Å²) in [7, 11) is -3.11. The van der Waals surface area contributed by atoms with Crippen molar-refractivity contribution in [2.75, 3.05) is 25.1 Å². The van der Waals surface area contributed by atoms with Crippen molar-refractivity contribution < 1.29 is 8.42 Å². The zero-order valence-corrected chi connectivity index (χ0v) is 12.6. The molecule has 0 bridgehead atoms. The molecule has 1 aliphatic rings. The Morgan fingerprint density at radius 2 is 2.00 bits per heavy atom. The molecule has 4 nitrogen and oxygen atoms in total. The third-order valence-corrected chi connectivity index (χ3v) is 5.53. The van der Waals surface area contributed by atoms with E-state index in [1.54, 1.807) is 11.8 Å². The molecule has 0 aliphatic heterocycles. The van der Waals surface area contributed by atoms with Crippen LogP contribution in [0.25, 0.3) is 0 Å². The second-order valence-electron chi connectivity index (χ2n) is 5.19. The Morgan fingerprint density at radius 1 is 1.35 bits per heavy atom. The van der Waals surface area contributed by atoms with Gasteiger partial charge in [0.25, 0.3) is 0 Å². The van der Waals surface area contributed by atoms with Crippen LogP contribution in [0.1, 0.15) is 33.1 Å². The minimum absolute atomic E-state index is 0.0423. The molecule has 0 amide bonds. The maximum absolute atomic E-state index is 11.7. The number of thioether (sulfide) groups is 1.